The lowest BCUT2D eigenvalue weighted by molar-refractivity contribution is 0.102. The smallest absolute Gasteiger partial charge is 0.175 e. The molecule has 0 aliphatic rings. The van der Waals surface area contributed by atoms with E-state index < -0.39 is 0 Å². The molecule has 0 saturated heterocycles. The van der Waals surface area contributed by atoms with Crippen LogP contribution in [-0.2, 0) is 0 Å². The first-order valence-electron chi connectivity index (χ1n) is 3.74. The van der Waals surface area contributed by atoms with E-state index >= 15 is 0 Å². The SMILES string of the molecule is Cc1cc(N)c(C(=O)CBr)cc1O. The number of phenolic OH excluding ortho intramolecular Hbond substituents is 1. The number of carbonyl (C=O) groups excluding carboxylic acids is 1. The molecule has 0 radical (unpaired) electrons. The van der Waals surface area contributed by atoms with Gasteiger partial charge in [0, 0.05) is 11.3 Å². The van der Waals surface area contributed by atoms with E-state index in [1.54, 1.807) is 13.0 Å². The van der Waals surface area contributed by atoms with Crippen molar-refractivity contribution in [1.29, 1.82) is 0 Å². The molecule has 0 fully saturated rings. The minimum absolute atomic E-state index is 0.0958. The first kappa shape index (κ1) is 10.1. The number of rotatable bonds is 2. The number of alkyl halides is 1. The van der Waals surface area contributed by atoms with E-state index in [4.69, 9.17) is 5.73 Å². The highest BCUT2D eigenvalue weighted by molar-refractivity contribution is 9.09. The summed E-state index contributed by atoms with van der Waals surface area (Å²) in [6.45, 7) is 1.73. The second-order valence-electron chi connectivity index (χ2n) is 2.78. The molecule has 13 heavy (non-hydrogen) atoms. The lowest BCUT2D eigenvalue weighted by Gasteiger charge is -2.05. The lowest BCUT2D eigenvalue weighted by atomic mass is 10.1. The van der Waals surface area contributed by atoms with Gasteiger partial charge in [-0.15, -0.1) is 0 Å². The Kier molecular flexibility index (Phi) is 2.93. The van der Waals surface area contributed by atoms with E-state index in [2.05, 4.69) is 15.9 Å². The standard InChI is InChI=1S/C9H10BrNO2/c1-5-2-7(11)6(3-8(5)12)9(13)4-10/h2-3,12H,4,11H2,1H3. The first-order chi connectivity index (χ1) is 6.06. The van der Waals surface area contributed by atoms with E-state index in [-0.39, 0.29) is 16.9 Å². The van der Waals surface area contributed by atoms with Crippen LogP contribution in [0, 0.1) is 6.92 Å². The zero-order valence-electron chi connectivity index (χ0n) is 7.17. The van der Waals surface area contributed by atoms with Crippen LogP contribution < -0.4 is 5.73 Å². The Balaban J connectivity index is 3.23. The summed E-state index contributed by atoms with van der Waals surface area (Å²) in [5.74, 6) is -0.0358. The Hall–Kier alpha value is -1.03. The summed E-state index contributed by atoms with van der Waals surface area (Å²) < 4.78 is 0. The fourth-order valence-corrected chi connectivity index (χ4v) is 1.33. The van der Waals surface area contributed by atoms with Gasteiger partial charge in [0.2, 0.25) is 0 Å². The molecule has 70 valence electrons. The van der Waals surface area contributed by atoms with Crippen molar-refractivity contribution in [3.05, 3.63) is 23.3 Å². The molecule has 1 aromatic carbocycles. The zero-order chi connectivity index (χ0) is 10.0. The average Bonchev–Trinajstić information content (AvgIpc) is 2.10. The Bertz CT molecular complexity index is 350. The summed E-state index contributed by atoms with van der Waals surface area (Å²) in [7, 11) is 0. The summed E-state index contributed by atoms with van der Waals surface area (Å²) in [6, 6.07) is 2.99. The molecule has 0 saturated carbocycles. The molecule has 0 aliphatic carbocycles. The van der Waals surface area contributed by atoms with Gasteiger partial charge in [-0.05, 0) is 24.6 Å². The van der Waals surface area contributed by atoms with Gasteiger partial charge in [0.15, 0.2) is 5.78 Å². The highest BCUT2D eigenvalue weighted by Crippen LogP contribution is 2.24. The van der Waals surface area contributed by atoms with Gasteiger partial charge in [0.1, 0.15) is 5.75 Å². The van der Waals surface area contributed by atoms with Crippen molar-refractivity contribution < 1.29 is 9.90 Å². The molecule has 0 amide bonds. The minimum Gasteiger partial charge on any atom is -0.508 e. The van der Waals surface area contributed by atoms with Crippen LogP contribution in [0.1, 0.15) is 15.9 Å². The van der Waals surface area contributed by atoms with Gasteiger partial charge in [-0.3, -0.25) is 4.79 Å². The Morgan fingerprint density at radius 3 is 2.77 bits per heavy atom. The maximum atomic E-state index is 11.3. The third-order valence-corrected chi connectivity index (χ3v) is 2.30. The van der Waals surface area contributed by atoms with E-state index in [0.29, 0.717) is 16.8 Å². The van der Waals surface area contributed by atoms with Gasteiger partial charge in [-0.25, -0.2) is 0 Å². The monoisotopic (exact) mass is 243 g/mol. The number of ketones is 1. The number of nitrogen functional groups attached to an aromatic ring is 1. The molecule has 3 nitrogen and oxygen atoms in total. The molecule has 0 unspecified atom stereocenters. The van der Waals surface area contributed by atoms with Gasteiger partial charge in [0.25, 0.3) is 0 Å². The Morgan fingerprint density at radius 2 is 2.23 bits per heavy atom. The third kappa shape index (κ3) is 2.01. The van der Waals surface area contributed by atoms with Gasteiger partial charge in [-0.2, -0.15) is 0 Å². The summed E-state index contributed by atoms with van der Waals surface area (Å²) >= 11 is 3.04. The first-order valence-corrected chi connectivity index (χ1v) is 4.86. The fraction of sp³-hybridized carbons (Fsp3) is 0.222. The van der Waals surface area contributed by atoms with Gasteiger partial charge in [-0.1, -0.05) is 15.9 Å². The van der Waals surface area contributed by atoms with Crippen molar-refractivity contribution in [2.75, 3.05) is 11.1 Å². The maximum Gasteiger partial charge on any atom is 0.175 e. The third-order valence-electron chi connectivity index (χ3n) is 1.79. The normalized spacial score (nSPS) is 10.0. The summed E-state index contributed by atoms with van der Waals surface area (Å²) in [6.07, 6.45) is 0. The molecule has 0 aromatic heterocycles. The van der Waals surface area contributed by atoms with Gasteiger partial charge >= 0.3 is 0 Å². The van der Waals surface area contributed by atoms with Crippen molar-refractivity contribution in [1.82, 2.24) is 0 Å². The number of hydrogen-bond acceptors (Lipinski definition) is 3. The van der Waals surface area contributed by atoms with Crippen LogP contribution in [0.5, 0.6) is 5.75 Å². The van der Waals surface area contributed by atoms with Crippen molar-refractivity contribution in [3.63, 3.8) is 0 Å². The van der Waals surface area contributed by atoms with Crippen LogP contribution in [-0.4, -0.2) is 16.2 Å². The quantitative estimate of drug-likeness (QED) is 0.361. The highest BCUT2D eigenvalue weighted by Gasteiger charge is 2.10. The number of anilines is 1. The number of halogens is 1. The number of aryl methyl sites for hydroxylation is 1. The molecule has 4 heteroatoms. The van der Waals surface area contributed by atoms with E-state index in [9.17, 15) is 9.90 Å². The topological polar surface area (TPSA) is 63.3 Å². The summed E-state index contributed by atoms with van der Waals surface area (Å²) in [5, 5.41) is 9.55. The predicted octanol–water partition coefficient (Wildman–Crippen LogP) is 1.86. The molecule has 0 atom stereocenters. The molecule has 0 spiro atoms. The molecular weight excluding hydrogens is 234 g/mol. The van der Waals surface area contributed by atoms with Crippen LogP contribution in [0.25, 0.3) is 0 Å². The van der Waals surface area contributed by atoms with Crippen molar-refractivity contribution in [2.24, 2.45) is 0 Å². The molecule has 0 heterocycles. The van der Waals surface area contributed by atoms with E-state index in [1.165, 1.54) is 6.07 Å². The molecule has 1 rings (SSSR count). The number of hydrogen-bond donors (Lipinski definition) is 2. The second kappa shape index (κ2) is 3.79. The van der Waals surface area contributed by atoms with Gasteiger partial charge in [0.05, 0.1) is 5.33 Å². The number of Topliss-reactive ketones (excluding diaryl/α,β-unsaturated/α-hetero) is 1. The zero-order valence-corrected chi connectivity index (χ0v) is 8.76. The molecule has 0 bridgehead atoms. The summed E-state index contributed by atoms with van der Waals surface area (Å²) in [5.41, 5.74) is 7.05. The van der Waals surface area contributed by atoms with E-state index in [0.717, 1.165) is 0 Å². The summed E-state index contributed by atoms with van der Waals surface area (Å²) in [4.78, 5) is 11.3. The van der Waals surface area contributed by atoms with Crippen LogP contribution in [0.2, 0.25) is 0 Å². The van der Waals surface area contributed by atoms with Crippen LogP contribution in [0.4, 0.5) is 5.69 Å². The van der Waals surface area contributed by atoms with Gasteiger partial charge < -0.3 is 10.8 Å². The van der Waals surface area contributed by atoms with Crippen molar-refractivity contribution >= 4 is 27.4 Å². The maximum absolute atomic E-state index is 11.3. The number of aromatic hydroxyl groups is 1. The number of phenols is 1. The average molecular weight is 244 g/mol. The highest BCUT2D eigenvalue weighted by atomic mass is 79.9. The molecule has 0 aliphatic heterocycles. The van der Waals surface area contributed by atoms with Crippen molar-refractivity contribution in [3.8, 4) is 5.75 Å². The predicted molar refractivity (Wildman–Crippen MR) is 55.4 cm³/mol. The van der Waals surface area contributed by atoms with E-state index in [1.807, 2.05) is 0 Å². The number of nitrogens with two attached hydrogens (primary N) is 1. The lowest BCUT2D eigenvalue weighted by Crippen LogP contribution is -2.04. The fourth-order valence-electron chi connectivity index (χ4n) is 1.03. The van der Waals surface area contributed by atoms with Crippen LogP contribution >= 0.6 is 15.9 Å². The van der Waals surface area contributed by atoms with Crippen LogP contribution in [0.3, 0.4) is 0 Å². The Morgan fingerprint density at radius 1 is 1.62 bits per heavy atom. The molecule has 3 N–H and O–H groups in total. The van der Waals surface area contributed by atoms with Crippen LogP contribution in [0.15, 0.2) is 12.1 Å². The number of benzene rings is 1. The number of carbonyl (C=O) groups is 1. The minimum atomic E-state index is -0.132. The largest absolute Gasteiger partial charge is 0.508 e. The molecule has 1 aromatic rings. The molecular formula is C9H10BrNO2. The Labute approximate surface area is 84.7 Å². The van der Waals surface area contributed by atoms with Crippen molar-refractivity contribution in [2.45, 2.75) is 6.92 Å². The second-order valence-corrected chi connectivity index (χ2v) is 3.34.